The molecule has 2 nitrogen and oxygen atoms in total. The molecular weight excluding hydrogens is 213 g/mol. The Labute approximate surface area is 94.5 Å². The molecule has 3 heteroatoms. The molecule has 0 aliphatic heterocycles. The minimum atomic E-state index is 0. The van der Waals surface area contributed by atoms with E-state index in [4.69, 9.17) is 5.73 Å². The molecule has 1 radical (unpaired) electrons. The molecule has 1 rings (SSSR count). The van der Waals surface area contributed by atoms with Gasteiger partial charge in [0.15, 0.2) is 0 Å². The van der Waals surface area contributed by atoms with Crippen LogP contribution < -0.4 is 0 Å². The SMILES string of the molecule is CC.C[NH-].[Y].[c-]1ccccn1. The van der Waals surface area contributed by atoms with E-state index >= 15 is 0 Å². The van der Waals surface area contributed by atoms with Crippen molar-refractivity contribution in [1.29, 1.82) is 0 Å². The van der Waals surface area contributed by atoms with E-state index in [0.29, 0.717) is 0 Å². The van der Waals surface area contributed by atoms with Crippen molar-refractivity contribution < 1.29 is 32.7 Å². The summed E-state index contributed by atoms with van der Waals surface area (Å²) in [5.41, 5.74) is 5.75. The Kier molecular flexibility index (Phi) is 35.4. The van der Waals surface area contributed by atoms with Gasteiger partial charge < -0.3 is 10.7 Å². The van der Waals surface area contributed by atoms with E-state index in [-0.39, 0.29) is 32.7 Å². The van der Waals surface area contributed by atoms with Crippen molar-refractivity contribution in [1.82, 2.24) is 4.98 Å². The zero-order valence-corrected chi connectivity index (χ0v) is 10.2. The first-order valence-corrected chi connectivity index (χ1v) is 3.27. The van der Waals surface area contributed by atoms with Gasteiger partial charge in [-0.1, -0.05) is 26.2 Å². The summed E-state index contributed by atoms with van der Waals surface area (Å²) in [6.45, 7) is 4.00. The second-order valence-corrected chi connectivity index (χ2v) is 0.959. The summed E-state index contributed by atoms with van der Waals surface area (Å²) in [6, 6.07) is 5.50. The smallest absolute Gasteiger partial charge is 0 e. The molecule has 0 bridgehead atoms. The first-order chi connectivity index (χ1) is 5.00. The van der Waals surface area contributed by atoms with E-state index in [0.717, 1.165) is 0 Å². The third kappa shape index (κ3) is 17.8. The summed E-state index contributed by atoms with van der Waals surface area (Å²) >= 11 is 0. The van der Waals surface area contributed by atoms with E-state index in [9.17, 15) is 0 Å². The summed E-state index contributed by atoms with van der Waals surface area (Å²) in [5.74, 6) is 0. The standard InChI is InChI=1S/C5H4N.C2H6.CH4N.Y/c1-2-4-6-5-3-1;2*1-2;/h1-4H;1-2H3;2H,1H3;/q-1;;-1;. The molecule has 1 N–H and O–H groups in total. The number of aromatic nitrogens is 1. The Morgan fingerprint density at radius 2 is 1.73 bits per heavy atom. The van der Waals surface area contributed by atoms with Crippen LogP contribution in [0.1, 0.15) is 13.8 Å². The molecule has 0 aliphatic rings. The fraction of sp³-hybridized carbons (Fsp3) is 0.375. The van der Waals surface area contributed by atoms with Crippen molar-refractivity contribution in [3.05, 3.63) is 36.3 Å². The third-order valence-electron chi connectivity index (χ3n) is 0.517. The van der Waals surface area contributed by atoms with Crippen LogP contribution in [0.2, 0.25) is 0 Å². The predicted molar refractivity (Wildman–Crippen MR) is 44.7 cm³/mol. The topological polar surface area (TPSA) is 36.7 Å². The molecule has 1 aromatic rings. The van der Waals surface area contributed by atoms with Gasteiger partial charge in [-0.05, 0) is 0 Å². The maximum absolute atomic E-state index is 5.75. The summed E-state index contributed by atoms with van der Waals surface area (Å²) in [5, 5.41) is 0. The molecule has 0 fully saturated rings. The van der Waals surface area contributed by atoms with Crippen molar-refractivity contribution in [3.63, 3.8) is 0 Å². The zero-order chi connectivity index (χ0) is 8.24. The molecule has 0 aromatic carbocycles. The molecule has 11 heavy (non-hydrogen) atoms. The van der Waals surface area contributed by atoms with Gasteiger partial charge in [-0.3, -0.25) is 0 Å². The Morgan fingerprint density at radius 1 is 1.18 bits per heavy atom. The summed E-state index contributed by atoms with van der Waals surface area (Å²) < 4.78 is 0. The molecule has 0 saturated heterocycles. The number of hydrogen-bond donors (Lipinski definition) is 0. The Morgan fingerprint density at radius 3 is 1.82 bits per heavy atom. The molecule has 1 heterocycles. The van der Waals surface area contributed by atoms with Crippen molar-refractivity contribution >= 4 is 0 Å². The molecule has 1 aromatic heterocycles. The zero-order valence-electron chi connectivity index (χ0n) is 7.33. The molecule has 0 unspecified atom stereocenters. The normalized spacial score (nSPS) is 5.45. The fourth-order valence-electron chi connectivity index (χ4n) is 0.277. The van der Waals surface area contributed by atoms with Gasteiger partial charge in [0, 0.05) is 32.7 Å². The van der Waals surface area contributed by atoms with E-state index in [1.54, 1.807) is 12.3 Å². The van der Waals surface area contributed by atoms with Gasteiger partial charge >= 0.3 is 0 Å². The predicted octanol–water partition coefficient (Wildman–Crippen LogP) is 2.57. The minimum Gasteiger partial charge on any atom is -0.680 e. The van der Waals surface area contributed by atoms with Crippen molar-refractivity contribution in [3.8, 4) is 0 Å². The maximum atomic E-state index is 5.75. The van der Waals surface area contributed by atoms with Crippen LogP contribution >= 0.6 is 0 Å². The number of pyridine rings is 1. The molecule has 0 amide bonds. The quantitative estimate of drug-likeness (QED) is 0.627. The molecular formula is C8H14N2Y-2. The number of rotatable bonds is 0. The van der Waals surface area contributed by atoms with Gasteiger partial charge in [0.2, 0.25) is 0 Å². The van der Waals surface area contributed by atoms with Crippen molar-refractivity contribution in [2.24, 2.45) is 0 Å². The molecule has 0 aliphatic carbocycles. The Balaban J connectivity index is -0.000000114. The Hall–Kier alpha value is 0.214. The van der Waals surface area contributed by atoms with E-state index in [1.165, 1.54) is 7.05 Å². The molecule has 0 atom stereocenters. The average molecular weight is 227 g/mol. The first kappa shape index (κ1) is 17.3. The Bertz CT molecular complexity index is 84.0. The van der Waals surface area contributed by atoms with Crippen LogP contribution in [0, 0.1) is 6.20 Å². The molecule has 0 spiro atoms. The van der Waals surface area contributed by atoms with Crippen LogP contribution in [-0.2, 0) is 32.7 Å². The second-order valence-electron chi connectivity index (χ2n) is 0.959. The first-order valence-electron chi connectivity index (χ1n) is 3.27. The van der Waals surface area contributed by atoms with E-state index < -0.39 is 0 Å². The number of nitrogens with zero attached hydrogens (tertiary/aromatic N) is 1. The van der Waals surface area contributed by atoms with Gasteiger partial charge in [0.25, 0.3) is 0 Å². The number of nitrogens with one attached hydrogen (secondary N) is 1. The van der Waals surface area contributed by atoms with Gasteiger partial charge in [-0.2, -0.15) is 25.2 Å². The van der Waals surface area contributed by atoms with Gasteiger partial charge in [-0.15, -0.1) is 0 Å². The summed E-state index contributed by atoms with van der Waals surface area (Å²) in [4.78, 5) is 3.66. The van der Waals surface area contributed by atoms with Crippen LogP contribution in [0.4, 0.5) is 0 Å². The van der Waals surface area contributed by atoms with Crippen LogP contribution in [0.15, 0.2) is 24.4 Å². The van der Waals surface area contributed by atoms with Gasteiger partial charge in [0.05, 0.1) is 0 Å². The summed E-state index contributed by atoms with van der Waals surface area (Å²) in [7, 11) is 1.25. The average Bonchev–Trinajstić information content (AvgIpc) is 2.14. The van der Waals surface area contributed by atoms with Crippen molar-refractivity contribution in [2.45, 2.75) is 13.8 Å². The molecule has 0 saturated carbocycles. The van der Waals surface area contributed by atoms with Crippen molar-refractivity contribution in [2.75, 3.05) is 7.05 Å². The fourth-order valence-corrected chi connectivity index (χ4v) is 0.277. The van der Waals surface area contributed by atoms with E-state index in [1.807, 2.05) is 26.0 Å². The summed E-state index contributed by atoms with van der Waals surface area (Å²) in [6.07, 6.45) is 4.34. The van der Waals surface area contributed by atoms with Gasteiger partial charge in [0.1, 0.15) is 0 Å². The van der Waals surface area contributed by atoms with Crippen LogP contribution in [0.25, 0.3) is 5.73 Å². The number of hydrogen-bond acceptors (Lipinski definition) is 1. The maximum Gasteiger partial charge on any atom is 0 e. The monoisotopic (exact) mass is 227 g/mol. The van der Waals surface area contributed by atoms with Crippen LogP contribution in [0.3, 0.4) is 0 Å². The second kappa shape index (κ2) is 22.5. The van der Waals surface area contributed by atoms with Crippen LogP contribution in [0.5, 0.6) is 0 Å². The van der Waals surface area contributed by atoms with Gasteiger partial charge in [-0.25, -0.2) is 0 Å². The minimum absolute atomic E-state index is 0. The largest absolute Gasteiger partial charge is 0.680 e. The van der Waals surface area contributed by atoms with E-state index in [2.05, 4.69) is 11.2 Å². The third-order valence-corrected chi connectivity index (χ3v) is 0.517. The van der Waals surface area contributed by atoms with Crippen LogP contribution in [-0.4, -0.2) is 12.0 Å². The molecule has 61 valence electrons.